The zero-order chi connectivity index (χ0) is 29.4. The van der Waals surface area contributed by atoms with Crippen LogP contribution < -0.4 is 14.8 Å². The number of allylic oxidation sites excluding steroid dienone is 2. The number of rotatable bonds is 8. The number of nitrogens with zero attached hydrogens (tertiary/aromatic N) is 3. The van der Waals surface area contributed by atoms with Gasteiger partial charge in [0.25, 0.3) is 0 Å². The molecule has 3 aromatic carbocycles. The Morgan fingerprint density at radius 2 is 1.83 bits per heavy atom. The number of carbonyl (C=O) groups is 1. The van der Waals surface area contributed by atoms with Gasteiger partial charge in [-0.1, -0.05) is 70.8 Å². The molecule has 216 valence electrons. The quantitative estimate of drug-likeness (QED) is 0.184. The van der Waals surface area contributed by atoms with Gasteiger partial charge in [-0.2, -0.15) is 4.98 Å². The predicted octanol–water partition coefficient (Wildman–Crippen LogP) is 8.90. The molecule has 0 bridgehead atoms. The molecular weight excluding hydrogens is 683 g/mol. The summed E-state index contributed by atoms with van der Waals surface area (Å²) in [4.78, 5) is 18.1. The number of ether oxygens (including phenoxy) is 2. The van der Waals surface area contributed by atoms with Crippen LogP contribution in [-0.4, -0.2) is 27.7 Å². The zero-order valence-corrected chi connectivity index (χ0v) is 27.0. The van der Waals surface area contributed by atoms with Crippen LogP contribution in [0, 0.1) is 0 Å². The van der Waals surface area contributed by atoms with E-state index in [1.165, 1.54) is 11.8 Å². The van der Waals surface area contributed by atoms with Crippen molar-refractivity contribution in [1.29, 1.82) is 0 Å². The van der Waals surface area contributed by atoms with Gasteiger partial charge >= 0.3 is 0 Å². The molecule has 1 aliphatic carbocycles. The summed E-state index contributed by atoms with van der Waals surface area (Å²) >= 11 is 24.2. The number of Topliss-reactive ketones (excluding diaryl/α,β-unsaturated/α-hetero) is 1. The molecule has 0 saturated heterocycles. The molecule has 2 heterocycles. The highest BCUT2D eigenvalue weighted by molar-refractivity contribution is 9.10. The van der Waals surface area contributed by atoms with Gasteiger partial charge in [0.2, 0.25) is 11.1 Å². The van der Waals surface area contributed by atoms with Crippen LogP contribution >= 0.6 is 62.5 Å². The maximum Gasteiger partial charge on any atom is 0.227 e. The fourth-order valence-electron chi connectivity index (χ4n) is 5.12. The Hall–Kier alpha value is -2.69. The van der Waals surface area contributed by atoms with Gasteiger partial charge in [-0.3, -0.25) is 4.79 Å². The molecule has 12 heteroatoms. The van der Waals surface area contributed by atoms with E-state index in [1.807, 2.05) is 36.4 Å². The van der Waals surface area contributed by atoms with Crippen molar-refractivity contribution in [3.63, 3.8) is 0 Å². The van der Waals surface area contributed by atoms with Crippen LogP contribution in [0.15, 0.2) is 75.5 Å². The minimum atomic E-state index is -0.497. The Morgan fingerprint density at radius 1 is 1.07 bits per heavy atom. The van der Waals surface area contributed by atoms with Crippen molar-refractivity contribution >= 4 is 74.2 Å². The Bertz CT molecular complexity index is 1710. The van der Waals surface area contributed by atoms with E-state index < -0.39 is 6.04 Å². The fourth-order valence-corrected chi connectivity index (χ4v) is 7.31. The molecule has 42 heavy (non-hydrogen) atoms. The third-order valence-electron chi connectivity index (χ3n) is 7.15. The van der Waals surface area contributed by atoms with Crippen molar-refractivity contribution in [3.8, 4) is 11.5 Å². The Kier molecular flexibility index (Phi) is 8.75. The zero-order valence-electron chi connectivity index (χ0n) is 22.3. The average Bonchev–Trinajstić information content (AvgIpc) is 3.38. The van der Waals surface area contributed by atoms with E-state index in [-0.39, 0.29) is 12.4 Å². The van der Waals surface area contributed by atoms with Gasteiger partial charge in [-0.25, -0.2) is 4.68 Å². The molecule has 1 N–H and O–H groups in total. The Morgan fingerprint density at radius 3 is 2.60 bits per heavy atom. The molecule has 4 aromatic rings. The smallest absolute Gasteiger partial charge is 0.227 e. The number of halogens is 4. The molecule has 7 nitrogen and oxygen atoms in total. The van der Waals surface area contributed by atoms with Crippen molar-refractivity contribution in [2.45, 2.75) is 42.8 Å². The lowest BCUT2D eigenvalue weighted by Crippen LogP contribution is -2.31. The lowest BCUT2D eigenvalue weighted by Gasteiger charge is -2.32. The first-order valence-corrected chi connectivity index (χ1v) is 16.0. The number of benzene rings is 3. The molecule has 1 unspecified atom stereocenters. The number of methoxy groups -OCH3 is 1. The molecular formula is C30H24BrCl3N4O3S. The van der Waals surface area contributed by atoms with Gasteiger partial charge in [0, 0.05) is 44.1 Å². The van der Waals surface area contributed by atoms with E-state index in [0.29, 0.717) is 65.5 Å². The van der Waals surface area contributed by atoms with Crippen LogP contribution in [0.25, 0.3) is 0 Å². The van der Waals surface area contributed by atoms with Crippen molar-refractivity contribution in [2.75, 3.05) is 12.4 Å². The van der Waals surface area contributed by atoms with E-state index in [9.17, 15) is 4.79 Å². The number of hydrogen-bond acceptors (Lipinski definition) is 7. The third kappa shape index (κ3) is 5.77. The number of thioether (sulfide) groups is 1. The number of nitrogens with one attached hydrogen (secondary N) is 1. The first kappa shape index (κ1) is 29.4. The van der Waals surface area contributed by atoms with E-state index in [0.717, 1.165) is 29.7 Å². The molecule has 2 aliphatic rings. The summed E-state index contributed by atoms with van der Waals surface area (Å²) < 4.78 is 14.3. The van der Waals surface area contributed by atoms with Crippen LogP contribution in [0.4, 0.5) is 5.95 Å². The molecule has 1 aromatic heterocycles. The SMILES string of the molecule is COc1cc(C2C3=C(CCCC3=O)Nc3nc(SCc4ccccc4Cl)nn32)cc(Br)c1OCc1c(Cl)cccc1Cl. The van der Waals surface area contributed by atoms with Crippen LogP contribution in [0.2, 0.25) is 15.1 Å². The fraction of sp³-hybridized carbons (Fsp3) is 0.233. The number of anilines is 1. The normalized spacial score (nSPS) is 16.1. The summed E-state index contributed by atoms with van der Waals surface area (Å²) in [5.41, 5.74) is 4.04. The highest BCUT2D eigenvalue weighted by Gasteiger charge is 2.37. The number of carbonyl (C=O) groups excluding carboxylic acids is 1. The van der Waals surface area contributed by atoms with Gasteiger partial charge in [-0.05, 0) is 70.2 Å². The van der Waals surface area contributed by atoms with Crippen molar-refractivity contribution in [1.82, 2.24) is 14.8 Å². The molecule has 1 aliphatic heterocycles. The second kappa shape index (κ2) is 12.5. The van der Waals surface area contributed by atoms with Crippen molar-refractivity contribution in [2.24, 2.45) is 0 Å². The maximum atomic E-state index is 13.3. The minimum absolute atomic E-state index is 0.0870. The largest absolute Gasteiger partial charge is 0.493 e. The van der Waals surface area contributed by atoms with Crippen molar-refractivity contribution in [3.05, 3.63) is 102 Å². The topological polar surface area (TPSA) is 78.3 Å². The summed E-state index contributed by atoms with van der Waals surface area (Å²) in [7, 11) is 1.57. The van der Waals surface area contributed by atoms with Crippen molar-refractivity contribution < 1.29 is 14.3 Å². The lowest BCUT2D eigenvalue weighted by molar-refractivity contribution is -0.116. The highest BCUT2D eigenvalue weighted by Crippen LogP contribution is 2.45. The molecule has 0 saturated carbocycles. The van der Waals surface area contributed by atoms with Crippen LogP contribution in [-0.2, 0) is 17.2 Å². The van der Waals surface area contributed by atoms with Gasteiger partial charge in [0.05, 0.1) is 11.6 Å². The van der Waals surface area contributed by atoms with Gasteiger partial charge < -0.3 is 14.8 Å². The average molecular weight is 707 g/mol. The molecule has 1 atom stereocenters. The minimum Gasteiger partial charge on any atom is -0.493 e. The number of aromatic nitrogens is 3. The highest BCUT2D eigenvalue weighted by atomic mass is 79.9. The third-order valence-corrected chi connectivity index (χ3v) is 9.71. The second-order valence-corrected chi connectivity index (χ2v) is 12.8. The van der Waals surface area contributed by atoms with E-state index >= 15 is 0 Å². The first-order valence-electron chi connectivity index (χ1n) is 13.1. The molecule has 0 amide bonds. The van der Waals surface area contributed by atoms with Crippen LogP contribution in [0.3, 0.4) is 0 Å². The second-order valence-electron chi connectivity index (χ2n) is 9.76. The number of ketones is 1. The Balaban J connectivity index is 1.36. The number of hydrogen-bond donors (Lipinski definition) is 1. The summed E-state index contributed by atoms with van der Waals surface area (Å²) in [6.07, 6.45) is 2.02. The van der Waals surface area contributed by atoms with E-state index in [2.05, 4.69) is 21.2 Å². The standard InChI is InChI=1S/C30H24BrCl3N4O3S/c1-40-25-13-17(12-19(31)28(25)41-14-18-21(33)8-4-9-22(18)34)27-26-23(10-5-11-24(26)39)35-29-36-30(37-38(27)29)42-15-16-6-2-3-7-20(16)32/h2-4,6-9,12-13,27H,5,10-11,14-15H2,1H3,(H,35,36,37). The monoisotopic (exact) mass is 704 g/mol. The first-order chi connectivity index (χ1) is 20.3. The summed E-state index contributed by atoms with van der Waals surface area (Å²) in [6.45, 7) is 0.146. The predicted molar refractivity (Wildman–Crippen MR) is 170 cm³/mol. The van der Waals surface area contributed by atoms with Crippen LogP contribution in [0.1, 0.15) is 42.0 Å². The maximum absolute atomic E-state index is 13.3. The van der Waals surface area contributed by atoms with Crippen LogP contribution in [0.5, 0.6) is 11.5 Å². The number of fused-ring (bicyclic) bond motifs is 1. The molecule has 0 radical (unpaired) electrons. The summed E-state index contributed by atoms with van der Waals surface area (Å²) in [5, 5.41) is 10.5. The molecule has 6 rings (SSSR count). The van der Waals surface area contributed by atoms with Gasteiger partial charge in [-0.15, -0.1) is 5.10 Å². The lowest BCUT2D eigenvalue weighted by atomic mass is 9.85. The molecule has 0 fully saturated rings. The summed E-state index contributed by atoms with van der Waals surface area (Å²) in [5.74, 6) is 2.26. The van der Waals surface area contributed by atoms with Gasteiger partial charge in [0.1, 0.15) is 12.6 Å². The van der Waals surface area contributed by atoms with Gasteiger partial charge in [0.15, 0.2) is 17.3 Å². The summed E-state index contributed by atoms with van der Waals surface area (Å²) in [6, 6.07) is 16.3. The Labute approximate surface area is 270 Å². The molecule has 0 spiro atoms. The van der Waals surface area contributed by atoms with E-state index in [4.69, 9.17) is 54.4 Å². The van der Waals surface area contributed by atoms with E-state index in [1.54, 1.807) is 30.0 Å².